The fourth-order valence-corrected chi connectivity index (χ4v) is 2.25. The van der Waals surface area contributed by atoms with Crippen LogP contribution in [0.3, 0.4) is 0 Å². The zero-order valence-corrected chi connectivity index (χ0v) is 16.1. The molecule has 0 radical (unpaired) electrons. The third-order valence-electron chi connectivity index (χ3n) is 3.87. The number of halogens is 3. The van der Waals surface area contributed by atoms with E-state index in [1.54, 1.807) is 7.05 Å². The average molecular weight is 398 g/mol. The van der Waals surface area contributed by atoms with E-state index in [-0.39, 0.29) is 0 Å². The number of hydrogen-bond donors (Lipinski definition) is 3. The van der Waals surface area contributed by atoms with Gasteiger partial charge >= 0.3 is 6.18 Å². The van der Waals surface area contributed by atoms with Gasteiger partial charge in [0.15, 0.2) is 11.7 Å². The van der Waals surface area contributed by atoms with E-state index in [9.17, 15) is 13.2 Å². The lowest BCUT2D eigenvalue weighted by molar-refractivity contribution is -0.137. The fourth-order valence-electron chi connectivity index (χ4n) is 2.25. The molecule has 0 saturated heterocycles. The Labute approximate surface area is 161 Å². The van der Waals surface area contributed by atoms with E-state index in [0.717, 1.165) is 30.1 Å². The van der Waals surface area contributed by atoms with Crippen LogP contribution in [-0.2, 0) is 12.7 Å². The molecule has 0 aliphatic rings. The van der Waals surface area contributed by atoms with Gasteiger partial charge in [-0.1, -0.05) is 19.0 Å². The zero-order chi connectivity index (χ0) is 20.6. The molecule has 2 heterocycles. The first kappa shape index (κ1) is 21.5. The lowest BCUT2D eigenvalue weighted by atomic mass is 10.1. The number of pyridine rings is 1. The zero-order valence-electron chi connectivity index (χ0n) is 16.1. The van der Waals surface area contributed by atoms with Crippen LogP contribution < -0.4 is 16.0 Å². The molecule has 2 rings (SSSR count). The van der Waals surface area contributed by atoms with Gasteiger partial charge in [0, 0.05) is 32.4 Å². The van der Waals surface area contributed by atoms with Gasteiger partial charge in [0.05, 0.1) is 17.8 Å². The maximum Gasteiger partial charge on any atom is 0.417 e. The topological polar surface area (TPSA) is 87.4 Å². The van der Waals surface area contributed by atoms with Crippen LogP contribution in [0.4, 0.5) is 19.0 Å². The van der Waals surface area contributed by atoms with Gasteiger partial charge in [0.2, 0.25) is 0 Å². The van der Waals surface area contributed by atoms with Crippen LogP contribution in [0, 0.1) is 0 Å². The molecule has 154 valence electrons. The molecule has 0 fully saturated rings. The highest BCUT2D eigenvalue weighted by Crippen LogP contribution is 2.28. The van der Waals surface area contributed by atoms with E-state index in [1.807, 2.05) is 19.9 Å². The molecule has 0 aliphatic carbocycles. The molecular formula is C18H25F3N6O. The maximum atomic E-state index is 12.5. The molecular weight excluding hydrogens is 373 g/mol. The molecule has 0 saturated carbocycles. The van der Waals surface area contributed by atoms with Crippen LogP contribution in [0.15, 0.2) is 33.9 Å². The van der Waals surface area contributed by atoms with E-state index in [1.165, 1.54) is 6.07 Å². The predicted octanol–water partition coefficient (Wildman–Crippen LogP) is 3.38. The minimum absolute atomic E-state index is 0.307. The van der Waals surface area contributed by atoms with Crippen molar-refractivity contribution < 1.29 is 17.7 Å². The quantitative estimate of drug-likeness (QED) is 0.359. The summed E-state index contributed by atoms with van der Waals surface area (Å²) in [5.74, 6) is 2.06. The first-order valence-corrected chi connectivity index (χ1v) is 8.96. The van der Waals surface area contributed by atoms with Gasteiger partial charge in [0.1, 0.15) is 5.82 Å². The summed E-state index contributed by atoms with van der Waals surface area (Å²) in [6.45, 7) is 5.74. The van der Waals surface area contributed by atoms with E-state index in [2.05, 4.69) is 31.1 Å². The van der Waals surface area contributed by atoms with Crippen LogP contribution in [0.25, 0.3) is 0 Å². The molecule has 3 N–H and O–H groups in total. The van der Waals surface area contributed by atoms with Crippen molar-refractivity contribution in [2.75, 3.05) is 25.5 Å². The first-order valence-electron chi connectivity index (χ1n) is 8.96. The van der Waals surface area contributed by atoms with Gasteiger partial charge in [-0.05, 0) is 24.5 Å². The standard InChI is InChI=1S/C18H25F3N6O/c1-12(2)15-9-14(28-27-15)11-26-17(22-3)24-8-4-7-23-16-6-5-13(10-25-16)18(19,20)21/h5-6,9-10,12H,4,7-8,11H2,1-3H3,(H,23,25)(H2,22,24,26). The van der Waals surface area contributed by atoms with E-state index in [4.69, 9.17) is 4.52 Å². The molecule has 2 aromatic rings. The van der Waals surface area contributed by atoms with Crippen LogP contribution in [-0.4, -0.2) is 36.2 Å². The van der Waals surface area contributed by atoms with E-state index >= 15 is 0 Å². The van der Waals surface area contributed by atoms with Gasteiger partial charge in [-0.15, -0.1) is 0 Å². The van der Waals surface area contributed by atoms with Crippen molar-refractivity contribution in [2.45, 2.75) is 38.9 Å². The Morgan fingerprint density at radius 2 is 2.00 bits per heavy atom. The number of nitrogens with one attached hydrogen (secondary N) is 3. The van der Waals surface area contributed by atoms with Crippen molar-refractivity contribution in [3.05, 3.63) is 41.4 Å². The molecule has 0 aliphatic heterocycles. The van der Waals surface area contributed by atoms with Crippen molar-refractivity contribution in [2.24, 2.45) is 4.99 Å². The summed E-state index contributed by atoms with van der Waals surface area (Å²) >= 11 is 0. The number of aliphatic imine (C=N–C) groups is 1. The van der Waals surface area contributed by atoms with Crippen LogP contribution >= 0.6 is 0 Å². The number of guanidine groups is 1. The number of alkyl halides is 3. The summed E-state index contributed by atoms with van der Waals surface area (Å²) in [5, 5.41) is 13.3. The summed E-state index contributed by atoms with van der Waals surface area (Å²) < 4.78 is 42.7. The minimum Gasteiger partial charge on any atom is -0.370 e. The third kappa shape index (κ3) is 6.75. The summed E-state index contributed by atoms with van der Waals surface area (Å²) in [4.78, 5) is 7.89. The fraction of sp³-hybridized carbons (Fsp3) is 0.500. The summed E-state index contributed by atoms with van der Waals surface area (Å²) in [6, 6.07) is 4.24. The summed E-state index contributed by atoms with van der Waals surface area (Å²) in [7, 11) is 1.67. The van der Waals surface area contributed by atoms with Crippen LogP contribution in [0.5, 0.6) is 0 Å². The van der Waals surface area contributed by atoms with Gasteiger partial charge in [-0.25, -0.2) is 4.98 Å². The molecule has 0 bridgehead atoms. The Balaban J connectivity index is 1.66. The lowest BCUT2D eigenvalue weighted by Gasteiger charge is -2.11. The van der Waals surface area contributed by atoms with Gasteiger partial charge in [0.25, 0.3) is 0 Å². The number of nitrogens with zero attached hydrogens (tertiary/aromatic N) is 3. The first-order chi connectivity index (χ1) is 13.3. The molecule has 0 amide bonds. The Kier molecular flexibility index (Phi) is 7.65. The highest BCUT2D eigenvalue weighted by Gasteiger charge is 2.30. The molecule has 0 unspecified atom stereocenters. The highest BCUT2D eigenvalue weighted by molar-refractivity contribution is 5.79. The molecule has 10 heteroatoms. The van der Waals surface area contributed by atoms with Crippen molar-refractivity contribution in [3.63, 3.8) is 0 Å². The third-order valence-corrected chi connectivity index (χ3v) is 3.87. The highest BCUT2D eigenvalue weighted by atomic mass is 19.4. The number of hydrogen-bond acceptors (Lipinski definition) is 5. The van der Waals surface area contributed by atoms with Gasteiger partial charge in [-0.2, -0.15) is 13.2 Å². The van der Waals surface area contributed by atoms with Crippen LogP contribution in [0.1, 0.15) is 43.2 Å². The Hall–Kier alpha value is -2.78. The second-order valence-corrected chi connectivity index (χ2v) is 6.44. The normalized spacial score (nSPS) is 12.3. The second-order valence-electron chi connectivity index (χ2n) is 6.44. The number of aromatic nitrogens is 2. The lowest BCUT2D eigenvalue weighted by Crippen LogP contribution is -2.37. The van der Waals surface area contributed by atoms with Crippen molar-refractivity contribution in [3.8, 4) is 0 Å². The maximum absolute atomic E-state index is 12.5. The summed E-state index contributed by atoms with van der Waals surface area (Å²) in [6.07, 6.45) is -2.83. The van der Waals surface area contributed by atoms with Crippen molar-refractivity contribution in [1.82, 2.24) is 20.8 Å². The Bertz CT molecular complexity index is 755. The Morgan fingerprint density at radius 1 is 1.21 bits per heavy atom. The monoisotopic (exact) mass is 398 g/mol. The van der Waals surface area contributed by atoms with Gasteiger partial charge in [-0.3, -0.25) is 4.99 Å². The predicted molar refractivity (Wildman–Crippen MR) is 101 cm³/mol. The Morgan fingerprint density at radius 3 is 2.57 bits per heavy atom. The second kappa shape index (κ2) is 9.95. The molecule has 2 aromatic heterocycles. The molecule has 28 heavy (non-hydrogen) atoms. The van der Waals surface area contributed by atoms with E-state index < -0.39 is 11.7 Å². The van der Waals surface area contributed by atoms with Crippen LogP contribution in [0.2, 0.25) is 0 Å². The molecule has 0 spiro atoms. The van der Waals surface area contributed by atoms with Crippen molar-refractivity contribution >= 4 is 11.8 Å². The number of anilines is 1. The average Bonchev–Trinajstić information content (AvgIpc) is 3.13. The minimum atomic E-state index is -4.37. The molecule has 0 atom stereocenters. The van der Waals surface area contributed by atoms with Gasteiger partial charge < -0.3 is 20.5 Å². The molecule has 7 nitrogen and oxygen atoms in total. The van der Waals surface area contributed by atoms with E-state index in [0.29, 0.717) is 37.3 Å². The van der Waals surface area contributed by atoms with Crippen molar-refractivity contribution in [1.29, 1.82) is 0 Å². The number of rotatable bonds is 8. The molecule has 0 aromatic carbocycles. The largest absolute Gasteiger partial charge is 0.417 e. The summed E-state index contributed by atoms with van der Waals surface area (Å²) in [5.41, 5.74) is 0.143. The SMILES string of the molecule is CN=C(NCCCNc1ccc(C(F)(F)F)cn1)NCc1cc(C(C)C)no1. The smallest absolute Gasteiger partial charge is 0.370 e.